The fourth-order valence-corrected chi connectivity index (χ4v) is 1.43. The number of aromatic amines is 3. The van der Waals surface area contributed by atoms with E-state index in [1.807, 2.05) is 6.92 Å². The van der Waals surface area contributed by atoms with Crippen LogP contribution in [0.15, 0.2) is 20.4 Å². The number of nitrogens with one attached hydrogen (secondary N) is 3. The summed E-state index contributed by atoms with van der Waals surface area (Å²) in [5.41, 5.74) is -0.746. The lowest BCUT2D eigenvalue weighted by atomic mass is 10.2. The molecule has 0 saturated heterocycles. The van der Waals surface area contributed by atoms with Crippen LogP contribution in [0.25, 0.3) is 11.0 Å². The average molecular weight is 207 g/mol. The molecule has 2 heterocycles. The molecule has 2 rings (SSSR count). The van der Waals surface area contributed by atoms with E-state index in [9.17, 15) is 14.4 Å². The largest absolute Gasteiger partial charge is 0.327 e. The third-order valence-electron chi connectivity index (χ3n) is 2.21. The van der Waals surface area contributed by atoms with E-state index >= 15 is 0 Å². The van der Waals surface area contributed by atoms with Crippen molar-refractivity contribution in [2.45, 2.75) is 13.3 Å². The van der Waals surface area contributed by atoms with Crippen LogP contribution in [0, 0.1) is 0 Å². The van der Waals surface area contributed by atoms with Gasteiger partial charge in [-0.3, -0.25) is 19.6 Å². The Labute approximate surface area is 83.0 Å². The quantitative estimate of drug-likeness (QED) is 0.586. The summed E-state index contributed by atoms with van der Waals surface area (Å²) in [5.74, 6) is 0. The van der Waals surface area contributed by atoms with Crippen LogP contribution in [0.5, 0.6) is 0 Å². The summed E-state index contributed by atoms with van der Waals surface area (Å²) >= 11 is 0. The van der Waals surface area contributed by atoms with Crippen molar-refractivity contribution in [3.8, 4) is 0 Å². The Kier molecular flexibility index (Phi) is 2.03. The zero-order valence-electron chi connectivity index (χ0n) is 8.01. The zero-order valence-corrected chi connectivity index (χ0v) is 8.01. The average Bonchev–Trinajstić information content (AvgIpc) is 2.16. The van der Waals surface area contributed by atoms with Crippen LogP contribution in [-0.2, 0) is 6.42 Å². The molecule has 0 aliphatic carbocycles. The smallest absolute Gasteiger partial charge is 0.308 e. The van der Waals surface area contributed by atoms with Crippen LogP contribution in [0.2, 0.25) is 0 Å². The van der Waals surface area contributed by atoms with Gasteiger partial charge in [0.25, 0.3) is 11.1 Å². The summed E-state index contributed by atoms with van der Waals surface area (Å²) < 4.78 is 0. The maximum absolute atomic E-state index is 11.4. The van der Waals surface area contributed by atoms with Gasteiger partial charge in [-0.25, -0.2) is 4.79 Å². The Hall–Kier alpha value is -2.11. The first-order chi connectivity index (χ1) is 7.11. The minimum Gasteiger partial charge on any atom is -0.308 e. The summed E-state index contributed by atoms with van der Waals surface area (Å²) in [7, 11) is 0. The predicted octanol–water partition coefficient (Wildman–Crippen LogP) is -0.533. The number of pyridine rings is 1. The van der Waals surface area contributed by atoms with Gasteiger partial charge in [0, 0.05) is 5.56 Å². The third kappa shape index (κ3) is 1.50. The molecule has 6 heteroatoms. The predicted molar refractivity (Wildman–Crippen MR) is 55.2 cm³/mol. The Morgan fingerprint density at radius 3 is 2.47 bits per heavy atom. The molecule has 0 aliphatic heterocycles. The van der Waals surface area contributed by atoms with Gasteiger partial charge in [0.2, 0.25) is 0 Å². The molecule has 2 aromatic heterocycles. The fourth-order valence-electron chi connectivity index (χ4n) is 1.43. The highest BCUT2D eigenvalue weighted by atomic mass is 16.2. The molecule has 0 saturated carbocycles. The van der Waals surface area contributed by atoms with Crippen molar-refractivity contribution in [2.24, 2.45) is 0 Å². The monoisotopic (exact) mass is 207 g/mol. The fraction of sp³-hybridized carbons (Fsp3) is 0.222. The van der Waals surface area contributed by atoms with Gasteiger partial charge in [0.15, 0.2) is 0 Å². The van der Waals surface area contributed by atoms with Crippen LogP contribution in [0.4, 0.5) is 0 Å². The van der Waals surface area contributed by atoms with E-state index in [2.05, 4.69) is 15.0 Å². The van der Waals surface area contributed by atoms with Crippen LogP contribution in [-0.4, -0.2) is 15.0 Å². The van der Waals surface area contributed by atoms with Gasteiger partial charge in [0.05, 0.1) is 5.39 Å². The number of rotatable bonds is 1. The number of aryl methyl sites for hydroxylation is 1. The van der Waals surface area contributed by atoms with Crippen LogP contribution in [0.3, 0.4) is 0 Å². The molecule has 3 N–H and O–H groups in total. The Morgan fingerprint density at radius 1 is 1.07 bits per heavy atom. The first-order valence-electron chi connectivity index (χ1n) is 4.50. The molecule has 0 bridgehead atoms. The summed E-state index contributed by atoms with van der Waals surface area (Å²) in [5, 5.41) is 0.283. The highest BCUT2D eigenvalue weighted by molar-refractivity contribution is 5.73. The lowest BCUT2D eigenvalue weighted by molar-refractivity contribution is 1.02. The van der Waals surface area contributed by atoms with Crippen molar-refractivity contribution >= 4 is 11.0 Å². The summed E-state index contributed by atoms with van der Waals surface area (Å²) in [6, 6.07) is 1.49. The lowest BCUT2D eigenvalue weighted by Gasteiger charge is -1.98. The van der Waals surface area contributed by atoms with Gasteiger partial charge in [-0.15, -0.1) is 0 Å². The number of fused-ring (bicyclic) bond motifs is 1. The van der Waals surface area contributed by atoms with Crippen LogP contribution >= 0.6 is 0 Å². The zero-order chi connectivity index (χ0) is 11.0. The molecule has 0 aromatic carbocycles. The lowest BCUT2D eigenvalue weighted by Crippen LogP contribution is -2.25. The van der Waals surface area contributed by atoms with Crippen molar-refractivity contribution in [3.05, 3.63) is 42.8 Å². The standard InChI is InChI=1S/C9H9N3O3/c1-2-4-3-5-6(10-7(4)13)11-9(15)12-8(5)14/h3H,2H2,1H3,(H3,10,11,12,13,14,15). The van der Waals surface area contributed by atoms with Crippen molar-refractivity contribution in [1.82, 2.24) is 15.0 Å². The van der Waals surface area contributed by atoms with Crippen molar-refractivity contribution < 1.29 is 0 Å². The first kappa shape index (κ1) is 9.45. The molecule has 0 spiro atoms. The molecule has 0 fully saturated rings. The molecule has 2 aromatic rings. The minimum atomic E-state index is -0.632. The highest BCUT2D eigenvalue weighted by Gasteiger charge is 2.04. The Bertz CT molecular complexity index is 677. The SMILES string of the molecule is CCc1cc2c(=O)[nH]c(=O)[nH]c2[nH]c1=O. The van der Waals surface area contributed by atoms with Gasteiger partial charge < -0.3 is 4.98 Å². The molecule has 78 valence electrons. The van der Waals surface area contributed by atoms with E-state index in [0.717, 1.165) is 0 Å². The maximum atomic E-state index is 11.4. The summed E-state index contributed by atoms with van der Waals surface area (Å²) in [4.78, 5) is 40.6. The molecule has 0 aliphatic rings. The molecule has 6 nitrogen and oxygen atoms in total. The van der Waals surface area contributed by atoms with Crippen LogP contribution in [0.1, 0.15) is 12.5 Å². The highest BCUT2D eigenvalue weighted by Crippen LogP contribution is 2.00. The second kappa shape index (κ2) is 3.23. The topological polar surface area (TPSA) is 98.6 Å². The van der Waals surface area contributed by atoms with Gasteiger partial charge >= 0.3 is 5.69 Å². The van der Waals surface area contributed by atoms with E-state index in [4.69, 9.17) is 0 Å². The van der Waals surface area contributed by atoms with E-state index in [1.54, 1.807) is 0 Å². The third-order valence-corrected chi connectivity index (χ3v) is 2.21. The second-order valence-corrected chi connectivity index (χ2v) is 3.17. The second-order valence-electron chi connectivity index (χ2n) is 3.17. The van der Waals surface area contributed by atoms with Gasteiger partial charge in [-0.05, 0) is 12.5 Å². The first-order valence-corrected chi connectivity index (χ1v) is 4.50. The number of hydrogen-bond acceptors (Lipinski definition) is 3. The van der Waals surface area contributed by atoms with Gasteiger partial charge in [0.1, 0.15) is 5.65 Å². The number of H-pyrrole nitrogens is 3. The molecule has 0 atom stereocenters. The van der Waals surface area contributed by atoms with Crippen molar-refractivity contribution in [2.75, 3.05) is 0 Å². The minimum absolute atomic E-state index is 0.158. The molecule has 0 amide bonds. The number of hydrogen-bond donors (Lipinski definition) is 3. The van der Waals surface area contributed by atoms with E-state index in [0.29, 0.717) is 12.0 Å². The molecule has 0 unspecified atom stereocenters. The van der Waals surface area contributed by atoms with E-state index in [-0.39, 0.29) is 16.6 Å². The van der Waals surface area contributed by atoms with Gasteiger partial charge in [-0.2, -0.15) is 0 Å². The maximum Gasteiger partial charge on any atom is 0.327 e. The Balaban J connectivity index is 3.00. The van der Waals surface area contributed by atoms with Crippen molar-refractivity contribution in [1.29, 1.82) is 0 Å². The summed E-state index contributed by atoms with van der Waals surface area (Å²) in [6.07, 6.45) is 0.532. The molecular formula is C9H9N3O3. The van der Waals surface area contributed by atoms with Gasteiger partial charge in [-0.1, -0.05) is 6.92 Å². The summed E-state index contributed by atoms with van der Waals surface area (Å²) in [6.45, 7) is 1.82. The normalized spacial score (nSPS) is 10.7. The number of aromatic nitrogens is 3. The van der Waals surface area contributed by atoms with Crippen LogP contribution < -0.4 is 16.8 Å². The van der Waals surface area contributed by atoms with E-state index in [1.165, 1.54) is 6.07 Å². The molecular weight excluding hydrogens is 198 g/mol. The molecule has 0 radical (unpaired) electrons. The molecule has 15 heavy (non-hydrogen) atoms. The van der Waals surface area contributed by atoms with E-state index < -0.39 is 11.2 Å². The Morgan fingerprint density at radius 2 is 1.80 bits per heavy atom. The van der Waals surface area contributed by atoms with Crippen molar-refractivity contribution in [3.63, 3.8) is 0 Å².